The first-order chi connectivity index (χ1) is 7.25. The van der Waals surface area contributed by atoms with Gasteiger partial charge in [0.1, 0.15) is 0 Å². The van der Waals surface area contributed by atoms with Gasteiger partial charge in [0.2, 0.25) is 0 Å². The quantitative estimate of drug-likeness (QED) is 0.585. The van der Waals surface area contributed by atoms with E-state index >= 15 is 0 Å². The zero-order chi connectivity index (χ0) is 10.4. The SMILES string of the molecule is Clc1cc2[nH]c3ccccc3c2cc1Cl. The number of aromatic amines is 1. The molecule has 15 heavy (non-hydrogen) atoms. The lowest BCUT2D eigenvalue weighted by Gasteiger charge is -1.95. The highest BCUT2D eigenvalue weighted by atomic mass is 35.5. The summed E-state index contributed by atoms with van der Waals surface area (Å²) in [5.41, 5.74) is 2.12. The minimum absolute atomic E-state index is 0.579. The first-order valence-corrected chi connectivity index (χ1v) is 5.37. The van der Waals surface area contributed by atoms with Crippen molar-refractivity contribution in [2.45, 2.75) is 0 Å². The number of halogens is 2. The predicted molar refractivity (Wildman–Crippen MR) is 65.8 cm³/mol. The smallest absolute Gasteiger partial charge is 0.0613 e. The molecule has 3 rings (SSSR count). The molecule has 0 aliphatic carbocycles. The summed E-state index contributed by atoms with van der Waals surface area (Å²) in [5.74, 6) is 0. The maximum Gasteiger partial charge on any atom is 0.0613 e. The molecule has 74 valence electrons. The van der Waals surface area contributed by atoms with Gasteiger partial charge in [0.05, 0.1) is 10.0 Å². The van der Waals surface area contributed by atoms with E-state index in [2.05, 4.69) is 11.1 Å². The Morgan fingerprint density at radius 2 is 1.53 bits per heavy atom. The van der Waals surface area contributed by atoms with Gasteiger partial charge in [-0.3, -0.25) is 0 Å². The third-order valence-corrected chi connectivity index (χ3v) is 3.27. The summed E-state index contributed by atoms with van der Waals surface area (Å²) in [6.45, 7) is 0. The third kappa shape index (κ3) is 1.31. The van der Waals surface area contributed by atoms with E-state index in [-0.39, 0.29) is 0 Å². The van der Waals surface area contributed by atoms with Crippen molar-refractivity contribution in [1.29, 1.82) is 0 Å². The van der Waals surface area contributed by atoms with Gasteiger partial charge in [-0.05, 0) is 18.2 Å². The van der Waals surface area contributed by atoms with Crippen molar-refractivity contribution < 1.29 is 0 Å². The van der Waals surface area contributed by atoms with Crippen molar-refractivity contribution >= 4 is 45.0 Å². The number of nitrogens with one attached hydrogen (secondary N) is 1. The summed E-state index contributed by atoms with van der Waals surface area (Å²) in [6, 6.07) is 11.9. The van der Waals surface area contributed by atoms with Crippen molar-refractivity contribution in [2.24, 2.45) is 0 Å². The largest absolute Gasteiger partial charge is 0.354 e. The minimum atomic E-state index is 0.579. The molecule has 0 aliphatic rings. The van der Waals surface area contributed by atoms with Crippen LogP contribution in [0.5, 0.6) is 0 Å². The van der Waals surface area contributed by atoms with Crippen LogP contribution in [0.2, 0.25) is 10.0 Å². The molecule has 1 aromatic heterocycles. The van der Waals surface area contributed by atoms with Crippen LogP contribution in [-0.2, 0) is 0 Å². The van der Waals surface area contributed by atoms with Crippen LogP contribution < -0.4 is 0 Å². The Hall–Kier alpha value is -1.18. The van der Waals surface area contributed by atoms with E-state index in [1.807, 2.05) is 30.3 Å². The van der Waals surface area contributed by atoms with Crippen molar-refractivity contribution in [3.63, 3.8) is 0 Å². The van der Waals surface area contributed by atoms with Crippen molar-refractivity contribution in [1.82, 2.24) is 4.98 Å². The monoisotopic (exact) mass is 235 g/mol. The fraction of sp³-hybridized carbons (Fsp3) is 0. The van der Waals surface area contributed by atoms with Crippen LogP contribution in [0.25, 0.3) is 21.8 Å². The Morgan fingerprint density at radius 1 is 0.800 bits per heavy atom. The lowest BCUT2D eigenvalue weighted by molar-refractivity contribution is 1.55. The molecule has 3 heteroatoms. The van der Waals surface area contributed by atoms with Crippen molar-refractivity contribution in [3.05, 3.63) is 46.4 Å². The van der Waals surface area contributed by atoms with E-state index in [4.69, 9.17) is 23.2 Å². The molecule has 1 N–H and O–H groups in total. The summed E-state index contributed by atoms with van der Waals surface area (Å²) in [5, 5.41) is 3.45. The van der Waals surface area contributed by atoms with E-state index in [9.17, 15) is 0 Å². The molecule has 0 saturated heterocycles. The standard InChI is InChI=1S/C12H7Cl2N/c13-9-5-8-7-3-1-2-4-11(7)15-12(8)6-10(9)14/h1-6,15H. The highest BCUT2D eigenvalue weighted by molar-refractivity contribution is 6.43. The summed E-state index contributed by atoms with van der Waals surface area (Å²) < 4.78 is 0. The summed E-state index contributed by atoms with van der Waals surface area (Å²) >= 11 is 12.0. The van der Waals surface area contributed by atoms with Crippen molar-refractivity contribution in [3.8, 4) is 0 Å². The number of fused-ring (bicyclic) bond motifs is 3. The number of hydrogen-bond acceptors (Lipinski definition) is 0. The van der Waals surface area contributed by atoms with Gasteiger partial charge in [0.15, 0.2) is 0 Å². The zero-order valence-electron chi connectivity index (χ0n) is 7.72. The minimum Gasteiger partial charge on any atom is -0.354 e. The molecule has 0 fully saturated rings. The van der Waals surface area contributed by atoms with Gasteiger partial charge in [0.25, 0.3) is 0 Å². The molecule has 1 heterocycles. The Labute approximate surface area is 96.6 Å². The van der Waals surface area contributed by atoms with E-state index in [0.717, 1.165) is 16.4 Å². The zero-order valence-corrected chi connectivity index (χ0v) is 9.23. The molecular weight excluding hydrogens is 229 g/mol. The highest BCUT2D eigenvalue weighted by Crippen LogP contribution is 2.32. The Kier molecular flexibility index (Phi) is 1.91. The summed E-state index contributed by atoms with van der Waals surface area (Å²) in [4.78, 5) is 3.30. The molecule has 0 bridgehead atoms. The molecule has 3 aromatic rings. The second-order valence-corrected chi connectivity index (χ2v) is 4.30. The number of hydrogen-bond donors (Lipinski definition) is 1. The molecular formula is C12H7Cl2N. The molecule has 1 nitrogen and oxygen atoms in total. The maximum absolute atomic E-state index is 6.00. The van der Waals surface area contributed by atoms with Gasteiger partial charge in [-0.15, -0.1) is 0 Å². The topological polar surface area (TPSA) is 15.8 Å². The number of benzene rings is 2. The average Bonchev–Trinajstić information content (AvgIpc) is 2.57. The van der Waals surface area contributed by atoms with Gasteiger partial charge < -0.3 is 4.98 Å². The lowest BCUT2D eigenvalue weighted by atomic mass is 10.1. The highest BCUT2D eigenvalue weighted by Gasteiger charge is 2.06. The average molecular weight is 236 g/mol. The first kappa shape index (κ1) is 9.08. The molecule has 0 radical (unpaired) electrons. The third-order valence-electron chi connectivity index (χ3n) is 2.55. The van der Waals surface area contributed by atoms with Crippen LogP contribution in [0.3, 0.4) is 0 Å². The van der Waals surface area contributed by atoms with Gasteiger partial charge in [-0.1, -0.05) is 41.4 Å². The number of H-pyrrole nitrogens is 1. The van der Waals surface area contributed by atoms with E-state index in [1.54, 1.807) is 0 Å². The Bertz CT molecular complexity index is 655. The van der Waals surface area contributed by atoms with Crippen LogP contribution in [0, 0.1) is 0 Å². The van der Waals surface area contributed by atoms with Gasteiger partial charge >= 0.3 is 0 Å². The molecule has 0 atom stereocenters. The second-order valence-electron chi connectivity index (χ2n) is 3.48. The van der Waals surface area contributed by atoms with Crippen LogP contribution in [-0.4, -0.2) is 4.98 Å². The molecule has 0 unspecified atom stereocenters. The fourth-order valence-corrected chi connectivity index (χ4v) is 2.17. The van der Waals surface area contributed by atoms with Gasteiger partial charge in [-0.25, -0.2) is 0 Å². The normalized spacial score (nSPS) is 11.3. The molecule has 0 amide bonds. The molecule has 0 spiro atoms. The number of rotatable bonds is 0. The van der Waals surface area contributed by atoms with Crippen LogP contribution in [0.4, 0.5) is 0 Å². The van der Waals surface area contributed by atoms with Gasteiger partial charge in [0, 0.05) is 21.8 Å². The van der Waals surface area contributed by atoms with Gasteiger partial charge in [-0.2, -0.15) is 0 Å². The van der Waals surface area contributed by atoms with Crippen LogP contribution in [0.15, 0.2) is 36.4 Å². The maximum atomic E-state index is 6.00. The fourth-order valence-electron chi connectivity index (χ4n) is 1.85. The predicted octanol–water partition coefficient (Wildman–Crippen LogP) is 4.63. The molecule has 0 aliphatic heterocycles. The van der Waals surface area contributed by atoms with Crippen LogP contribution in [0.1, 0.15) is 0 Å². The Morgan fingerprint density at radius 3 is 2.40 bits per heavy atom. The molecule has 0 saturated carbocycles. The lowest BCUT2D eigenvalue weighted by Crippen LogP contribution is -1.70. The summed E-state index contributed by atoms with van der Waals surface area (Å²) in [7, 11) is 0. The van der Waals surface area contributed by atoms with E-state index < -0.39 is 0 Å². The molecule has 2 aromatic carbocycles. The van der Waals surface area contributed by atoms with Crippen molar-refractivity contribution in [2.75, 3.05) is 0 Å². The summed E-state index contributed by atoms with van der Waals surface area (Å²) in [6.07, 6.45) is 0. The number of aromatic nitrogens is 1. The first-order valence-electron chi connectivity index (χ1n) is 4.61. The second kappa shape index (κ2) is 3.16. The number of para-hydroxylation sites is 1. The van der Waals surface area contributed by atoms with E-state index in [0.29, 0.717) is 10.0 Å². The van der Waals surface area contributed by atoms with Crippen LogP contribution >= 0.6 is 23.2 Å². The van der Waals surface area contributed by atoms with E-state index in [1.165, 1.54) is 5.39 Å². The Balaban J connectivity index is 2.56.